The number of para-hydroxylation sites is 1. The molecule has 0 radical (unpaired) electrons. The molecule has 4 aromatic carbocycles. The third kappa shape index (κ3) is 5.29. The number of nitrogens with zero attached hydrogens (tertiary/aromatic N) is 6. The van der Waals surface area contributed by atoms with Crippen molar-refractivity contribution in [2.75, 3.05) is 24.0 Å². The zero-order valence-electron chi connectivity index (χ0n) is 32.8. The number of allylic oxidation sites excluding steroid dienone is 4. The highest BCUT2D eigenvalue weighted by molar-refractivity contribution is 6.25. The van der Waals surface area contributed by atoms with Crippen molar-refractivity contribution in [3.8, 4) is 34.3 Å². The Morgan fingerprint density at radius 2 is 1.30 bits per heavy atom. The van der Waals surface area contributed by atoms with Gasteiger partial charge in [0.25, 0.3) is 0 Å². The van der Waals surface area contributed by atoms with Gasteiger partial charge in [0.05, 0.1) is 54.3 Å². The standard InChI is InChI=1S/2C24H19N3O3/c1-30-18-9-6-16-13-25-21(26-19(16)11-18)14-4-7-17(8-5-14)27-22(28)20-15-3-2-10-24(20,12-15)23(27)29;1-30-18-4-2-3-16-12-25-22(26-21(16)18)13-7-9-17(10-8-13)27-23(28)19-14-5-6-15(11-14)20(19)24(27)29/h2-9,11,13,15,20H,10,12H2,1H3;2-10,12,14-15,19-20H,11H2,1H3/t15?,20?,24-;/m1./s1. The van der Waals surface area contributed by atoms with Crippen LogP contribution >= 0.6 is 0 Å². The summed E-state index contributed by atoms with van der Waals surface area (Å²) < 4.78 is 10.7. The zero-order valence-corrected chi connectivity index (χ0v) is 32.8. The third-order valence-corrected chi connectivity index (χ3v) is 13.4. The van der Waals surface area contributed by atoms with E-state index >= 15 is 0 Å². The summed E-state index contributed by atoms with van der Waals surface area (Å²) in [5, 5.41) is 1.83. The van der Waals surface area contributed by atoms with Crippen LogP contribution in [-0.4, -0.2) is 57.8 Å². The number of carbonyl (C=O) groups excluding carboxylic acids is 4. The fraction of sp³-hybridized carbons (Fsp3) is 0.250. The molecule has 4 fully saturated rings. The fourth-order valence-corrected chi connectivity index (χ4v) is 10.5. The van der Waals surface area contributed by atoms with Gasteiger partial charge in [0.15, 0.2) is 11.6 Å². The van der Waals surface area contributed by atoms with Gasteiger partial charge >= 0.3 is 0 Å². The average molecular weight is 795 g/mol. The minimum atomic E-state index is -0.504. The topological polar surface area (TPSA) is 145 Å². The van der Waals surface area contributed by atoms with E-state index in [-0.39, 0.29) is 59.1 Å². The summed E-state index contributed by atoms with van der Waals surface area (Å²) in [6.07, 6.45) is 14.3. The molecule has 2 saturated heterocycles. The van der Waals surface area contributed by atoms with E-state index < -0.39 is 5.41 Å². The molecule has 4 heterocycles. The molecule has 12 heteroatoms. The smallest absolute Gasteiger partial charge is 0.241 e. The second-order valence-corrected chi connectivity index (χ2v) is 16.4. The lowest BCUT2D eigenvalue weighted by Gasteiger charge is -2.48. The van der Waals surface area contributed by atoms with Crippen LogP contribution in [0.4, 0.5) is 11.4 Å². The molecule has 4 amide bonds. The van der Waals surface area contributed by atoms with Crippen molar-refractivity contribution in [2.45, 2.75) is 19.3 Å². The van der Waals surface area contributed by atoms with Gasteiger partial charge in [-0.25, -0.2) is 24.8 Å². The Balaban J connectivity index is 0.000000136. The lowest BCUT2D eigenvalue weighted by molar-refractivity contribution is -0.140. The van der Waals surface area contributed by atoms with Crippen molar-refractivity contribution in [3.63, 3.8) is 0 Å². The van der Waals surface area contributed by atoms with Crippen LogP contribution in [0.25, 0.3) is 44.6 Å². The molecular weight excluding hydrogens is 757 g/mol. The Hall–Kier alpha value is -7.08. The fourth-order valence-electron chi connectivity index (χ4n) is 10.5. The van der Waals surface area contributed by atoms with E-state index in [2.05, 4.69) is 44.2 Å². The summed E-state index contributed by atoms with van der Waals surface area (Å²) in [7, 11) is 3.24. The Morgan fingerprint density at radius 3 is 1.93 bits per heavy atom. The van der Waals surface area contributed by atoms with Gasteiger partial charge in [-0.3, -0.25) is 24.1 Å². The van der Waals surface area contributed by atoms with E-state index in [9.17, 15) is 19.2 Å². The normalized spacial score (nSPS) is 26.6. The number of rotatable bonds is 6. The molecular formula is C48H38N6O6. The van der Waals surface area contributed by atoms with Gasteiger partial charge in [-0.05, 0) is 104 Å². The first-order valence-corrected chi connectivity index (χ1v) is 20.2. The second kappa shape index (κ2) is 13.5. The molecule has 6 aromatic rings. The molecule has 2 saturated carbocycles. The minimum absolute atomic E-state index is 0.0556. The van der Waals surface area contributed by atoms with E-state index in [1.165, 1.54) is 9.80 Å². The van der Waals surface area contributed by atoms with Crippen LogP contribution in [0.2, 0.25) is 0 Å². The van der Waals surface area contributed by atoms with Crippen LogP contribution in [0, 0.1) is 40.9 Å². The molecule has 4 bridgehead atoms. The molecule has 12 nitrogen and oxygen atoms in total. The van der Waals surface area contributed by atoms with Crippen LogP contribution < -0.4 is 19.3 Å². The van der Waals surface area contributed by atoms with Crippen molar-refractivity contribution in [1.82, 2.24) is 19.9 Å². The quantitative estimate of drug-likeness (QED) is 0.124. The van der Waals surface area contributed by atoms with Crippen LogP contribution in [0.15, 0.2) is 122 Å². The number of hydrogen-bond acceptors (Lipinski definition) is 10. The Morgan fingerprint density at radius 1 is 0.650 bits per heavy atom. The largest absolute Gasteiger partial charge is 0.497 e. The zero-order chi connectivity index (χ0) is 40.9. The van der Waals surface area contributed by atoms with E-state index in [0.717, 1.165) is 51.5 Å². The van der Waals surface area contributed by atoms with Gasteiger partial charge in [-0.15, -0.1) is 0 Å². The Kier molecular flexibility index (Phi) is 8.10. The van der Waals surface area contributed by atoms with Crippen LogP contribution in [0.5, 0.6) is 11.5 Å². The van der Waals surface area contributed by atoms with Gasteiger partial charge < -0.3 is 9.47 Å². The van der Waals surface area contributed by atoms with Crippen LogP contribution in [0.1, 0.15) is 19.3 Å². The summed E-state index contributed by atoms with van der Waals surface area (Å²) in [6, 6.07) is 26.0. The lowest BCUT2D eigenvalue weighted by Crippen LogP contribution is -2.51. The second-order valence-electron chi connectivity index (χ2n) is 16.4. The number of amides is 4. The number of anilines is 2. The van der Waals surface area contributed by atoms with E-state index in [1.54, 1.807) is 38.7 Å². The minimum Gasteiger partial charge on any atom is -0.497 e. The number of ether oxygens (including phenoxy) is 2. The van der Waals surface area contributed by atoms with Crippen molar-refractivity contribution < 1.29 is 28.7 Å². The Labute approximate surface area is 344 Å². The number of methoxy groups -OCH3 is 2. The van der Waals surface area contributed by atoms with Gasteiger partial charge in [-0.1, -0.05) is 36.4 Å². The highest BCUT2D eigenvalue weighted by Crippen LogP contribution is 2.62. The summed E-state index contributed by atoms with van der Waals surface area (Å²) in [5.41, 5.74) is 3.90. The molecule has 12 rings (SSSR count). The molecule has 7 atom stereocenters. The van der Waals surface area contributed by atoms with Crippen LogP contribution in [0.3, 0.4) is 0 Å². The maximum atomic E-state index is 13.1. The molecule has 0 spiro atoms. The van der Waals surface area contributed by atoms with E-state index in [0.29, 0.717) is 35.2 Å². The SMILES string of the molecule is COc1ccc2cnc(-c3ccc(N4C(=O)C5C6C=CC[C@]5(C6)C4=O)cc3)nc2c1.COc1cccc2cnc(-c3ccc(N4C(=O)C5C6C=CC(C6)C5C4=O)cc3)nc12. The van der Waals surface area contributed by atoms with Crippen molar-refractivity contribution in [2.24, 2.45) is 40.9 Å². The Bertz CT molecular complexity index is 2850. The van der Waals surface area contributed by atoms with Crippen molar-refractivity contribution in [1.29, 1.82) is 0 Å². The van der Waals surface area contributed by atoms with E-state index in [4.69, 9.17) is 9.47 Å². The molecule has 4 aliphatic carbocycles. The maximum absolute atomic E-state index is 13.1. The molecule has 6 aliphatic rings. The third-order valence-electron chi connectivity index (χ3n) is 13.4. The highest BCUT2D eigenvalue weighted by Gasteiger charge is 2.69. The predicted octanol–water partition coefficient (Wildman–Crippen LogP) is 7.38. The maximum Gasteiger partial charge on any atom is 0.241 e. The number of aromatic nitrogens is 4. The van der Waals surface area contributed by atoms with Crippen LogP contribution in [-0.2, 0) is 19.2 Å². The number of fused-ring (bicyclic) bond motifs is 7. The monoisotopic (exact) mass is 794 g/mol. The first-order valence-electron chi connectivity index (χ1n) is 20.2. The van der Waals surface area contributed by atoms with Gasteiger partial charge in [0.1, 0.15) is 17.0 Å². The van der Waals surface area contributed by atoms with Gasteiger partial charge in [0.2, 0.25) is 23.6 Å². The summed E-state index contributed by atoms with van der Waals surface area (Å²) in [6.45, 7) is 0. The average Bonchev–Trinajstić information content (AvgIpc) is 4.02. The molecule has 0 N–H and O–H groups in total. The van der Waals surface area contributed by atoms with Gasteiger partial charge in [-0.2, -0.15) is 0 Å². The number of benzene rings is 4. The summed E-state index contributed by atoms with van der Waals surface area (Å²) in [4.78, 5) is 73.0. The lowest BCUT2D eigenvalue weighted by atomic mass is 9.51. The number of imide groups is 2. The molecule has 2 aromatic heterocycles. The van der Waals surface area contributed by atoms with Crippen molar-refractivity contribution >= 4 is 56.8 Å². The van der Waals surface area contributed by atoms with E-state index in [1.807, 2.05) is 72.8 Å². The first kappa shape index (κ1) is 36.0. The van der Waals surface area contributed by atoms with Crippen molar-refractivity contribution in [3.05, 3.63) is 122 Å². The summed E-state index contributed by atoms with van der Waals surface area (Å²) >= 11 is 0. The van der Waals surface area contributed by atoms with Gasteiger partial charge in [0, 0.05) is 40.4 Å². The number of hydrogen-bond donors (Lipinski definition) is 0. The molecule has 2 aliphatic heterocycles. The number of carbonyl (C=O) groups is 4. The highest BCUT2D eigenvalue weighted by atomic mass is 16.5. The molecule has 60 heavy (non-hydrogen) atoms. The summed E-state index contributed by atoms with van der Waals surface area (Å²) in [5.74, 6) is 2.38. The molecule has 296 valence electrons. The first-order chi connectivity index (χ1) is 29.3. The predicted molar refractivity (Wildman–Crippen MR) is 224 cm³/mol. The molecule has 6 unspecified atom stereocenters.